The molecule has 0 aliphatic carbocycles. The van der Waals surface area contributed by atoms with Gasteiger partial charge in [-0.2, -0.15) is 0 Å². The van der Waals surface area contributed by atoms with E-state index in [-0.39, 0.29) is 5.91 Å². The van der Waals surface area contributed by atoms with Crippen molar-refractivity contribution in [1.82, 2.24) is 15.4 Å². The lowest BCUT2D eigenvalue weighted by Crippen LogP contribution is -2.57. The molecule has 0 bridgehead atoms. The lowest BCUT2D eigenvalue weighted by molar-refractivity contribution is -0.116. The number of rotatable bonds is 7. The molecule has 1 fully saturated rings. The first kappa shape index (κ1) is 14.0. The van der Waals surface area contributed by atoms with E-state index in [1.165, 1.54) is 0 Å². The van der Waals surface area contributed by atoms with Crippen LogP contribution < -0.4 is 10.6 Å². The van der Waals surface area contributed by atoms with Crippen LogP contribution in [-0.4, -0.2) is 48.2 Å². The largest absolute Gasteiger partial charge is 0.360 e. The Balaban J connectivity index is 1.74. The highest BCUT2D eigenvalue weighted by molar-refractivity contribution is 5.89. The summed E-state index contributed by atoms with van der Waals surface area (Å²) in [4.78, 5) is 14.2. The van der Waals surface area contributed by atoms with E-state index in [9.17, 15) is 4.79 Å². The van der Waals surface area contributed by atoms with Crippen molar-refractivity contribution < 1.29 is 9.32 Å². The molecule has 6 heteroatoms. The Morgan fingerprint density at radius 3 is 2.89 bits per heavy atom. The minimum absolute atomic E-state index is 0.0123. The Labute approximate surface area is 113 Å². The highest BCUT2D eigenvalue weighted by Crippen LogP contribution is 2.09. The number of hydrogen-bond donors (Lipinski definition) is 2. The molecule has 6 nitrogen and oxygen atoms in total. The molecule has 106 valence electrons. The predicted octanol–water partition coefficient (Wildman–Crippen LogP) is 0.995. The van der Waals surface area contributed by atoms with Crippen molar-refractivity contribution in [2.45, 2.75) is 32.7 Å². The highest BCUT2D eigenvalue weighted by Gasteiger charge is 2.24. The van der Waals surface area contributed by atoms with Gasteiger partial charge in [0.15, 0.2) is 5.82 Å². The molecule has 1 aliphatic heterocycles. The molecule has 1 aliphatic rings. The maximum absolute atomic E-state index is 11.8. The van der Waals surface area contributed by atoms with Gasteiger partial charge in [0.2, 0.25) is 5.91 Å². The summed E-state index contributed by atoms with van der Waals surface area (Å²) >= 11 is 0. The predicted molar refractivity (Wildman–Crippen MR) is 73.0 cm³/mol. The van der Waals surface area contributed by atoms with Gasteiger partial charge in [0.05, 0.1) is 0 Å². The van der Waals surface area contributed by atoms with Gasteiger partial charge in [-0.1, -0.05) is 12.1 Å². The van der Waals surface area contributed by atoms with E-state index in [1.807, 2.05) is 0 Å². The fourth-order valence-corrected chi connectivity index (χ4v) is 2.17. The van der Waals surface area contributed by atoms with E-state index < -0.39 is 0 Å². The Kier molecular flexibility index (Phi) is 4.93. The fourth-order valence-electron chi connectivity index (χ4n) is 2.17. The second kappa shape index (κ2) is 6.68. The van der Waals surface area contributed by atoms with E-state index in [4.69, 9.17) is 4.52 Å². The van der Waals surface area contributed by atoms with Gasteiger partial charge < -0.3 is 15.2 Å². The summed E-state index contributed by atoms with van der Waals surface area (Å²) < 4.78 is 4.91. The molecule has 2 N–H and O–H groups in total. The lowest BCUT2D eigenvalue weighted by Gasteiger charge is -2.38. The molecule has 0 spiro atoms. The van der Waals surface area contributed by atoms with Gasteiger partial charge in [-0.3, -0.25) is 9.69 Å². The molecule has 1 aromatic heterocycles. The average Bonchev–Trinajstić information content (AvgIpc) is 2.69. The topological polar surface area (TPSA) is 70.4 Å². The summed E-state index contributed by atoms with van der Waals surface area (Å²) in [6, 6.07) is 2.31. The number of amides is 1. The molecule has 0 saturated carbocycles. The molecule has 1 saturated heterocycles. The summed E-state index contributed by atoms with van der Waals surface area (Å²) in [5.41, 5.74) is 0. The Morgan fingerprint density at radius 2 is 2.37 bits per heavy atom. The minimum atomic E-state index is -0.0123. The Hall–Kier alpha value is -1.40. The third-order valence-corrected chi connectivity index (χ3v) is 3.31. The number of carbonyl (C=O) groups excluding carboxylic acids is 1. The minimum Gasteiger partial charge on any atom is -0.360 e. The molecule has 2 rings (SSSR count). The SMILES string of the molecule is CCCN(CCC(=O)Nc1cc(C)on1)C1CNC1. The normalized spacial score (nSPS) is 15.5. The number of aryl methyl sites for hydroxylation is 1. The van der Waals surface area contributed by atoms with Crippen LogP contribution in [0.2, 0.25) is 0 Å². The number of nitrogens with zero attached hydrogens (tertiary/aromatic N) is 2. The maximum atomic E-state index is 11.8. The van der Waals surface area contributed by atoms with Gasteiger partial charge in [-0.05, 0) is 19.9 Å². The van der Waals surface area contributed by atoms with Crippen LogP contribution in [-0.2, 0) is 4.79 Å². The zero-order valence-corrected chi connectivity index (χ0v) is 11.6. The summed E-state index contributed by atoms with van der Waals surface area (Å²) in [7, 11) is 0. The second-order valence-corrected chi connectivity index (χ2v) is 4.97. The van der Waals surface area contributed by atoms with Crippen molar-refractivity contribution >= 4 is 11.7 Å². The third-order valence-electron chi connectivity index (χ3n) is 3.31. The van der Waals surface area contributed by atoms with Crippen LogP contribution >= 0.6 is 0 Å². The van der Waals surface area contributed by atoms with Gasteiger partial charge in [0.25, 0.3) is 0 Å². The molecule has 19 heavy (non-hydrogen) atoms. The Morgan fingerprint density at radius 1 is 1.58 bits per heavy atom. The van der Waals surface area contributed by atoms with Crippen LogP contribution in [0, 0.1) is 6.92 Å². The first-order valence-corrected chi connectivity index (χ1v) is 6.87. The van der Waals surface area contributed by atoms with Crippen molar-refractivity contribution in [3.05, 3.63) is 11.8 Å². The zero-order chi connectivity index (χ0) is 13.7. The number of carbonyl (C=O) groups is 1. The van der Waals surface area contributed by atoms with E-state index >= 15 is 0 Å². The van der Waals surface area contributed by atoms with E-state index in [1.54, 1.807) is 13.0 Å². The maximum Gasteiger partial charge on any atom is 0.226 e. The number of nitrogens with one attached hydrogen (secondary N) is 2. The number of aromatic nitrogens is 1. The van der Waals surface area contributed by atoms with Gasteiger partial charge in [0, 0.05) is 38.2 Å². The molecular formula is C13H22N4O2. The van der Waals surface area contributed by atoms with Crippen LogP contribution in [0.25, 0.3) is 0 Å². The number of hydrogen-bond acceptors (Lipinski definition) is 5. The quantitative estimate of drug-likeness (QED) is 0.770. The van der Waals surface area contributed by atoms with Gasteiger partial charge in [-0.15, -0.1) is 0 Å². The highest BCUT2D eigenvalue weighted by atomic mass is 16.5. The van der Waals surface area contributed by atoms with Gasteiger partial charge >= 0.3 is 0 Å². The molecule has 1 amide bonds. The molecule has 2 heterocycles. The molecule has 0 radical (unpaired) electrons. The van der Waals surface area contributed by atoms with Crippen LogP contribution in [0.4, 0.5) is 5.82 Å². The van der Waals surface area contributed by atoms with E-state index in [0.717, 1.165) is 32.6 Å². The van der Waals surface area contributed by atoms with E-state index in [0.29, 0.717) is 24.0 Å². The van der Waals surface area contributed by atoms with Crippen molar-refractivity contribution in [2.75, 3.05) is 31.5 Å². The summed E-state index contributed by atoms with van der Waals surface area (Å²) in [5, 5.41) is 9.77. The first-order chi connectivity index (χ1) is 9.19. The second-order valence-electron chi connectivity index (χ2n) is 4.97. The zero-order valence-electron chi connectivity index (χ0n) is 11.6. The fraction of sp³-hybridized carbons (Fsp3) is 0.692. The smallest absolute Gasteiger partial charge is 0.226 e. The van der Waals surface area contributed by atoms with Crippen molar-refractivity contribution in [2.24, 2.45) is 0 Å². The molecule has 0 atom stereocenters. The van der Waals surface area contributed by atoms with Crippen molar-refractivity contribution in [3.8, 4) is 0 Å². The molecule has 0 aromatic carbocycles. The van der Waals surface area contributed by atoms with E-state index in [2.05, 4.69) is 27.6 Å². The Bertz CT molecular complexity index is 415. The lowest BCUT2D eigenvalue weighted by atomic mass is 10.1. The van der Waals surface area contributed by atoms with Crippen LogP contribution in [0.5, 0.6) is 0 Å². The van der Waals surface area contributed by atoms with Crippen LogP contribution in [0.3, 0.4) is 0 Å². The summed E-state index contributed by atoms with van der Waals surface area (Å²) in [5.74, 6) is 1.18. The van der Waals surface area contributed by atoms with Crippen molar-refractivity contribution in [1.29, 1.82) is 0 Å². The van der Waals surface area contributed by atoms with Crippen molar-refractivity contribution in [3.63, 3.8) is 0 Å². The average molecular weight is 266 g/mol. The third kappa shape index (κ3) is 4.04. The summed E-state index contributed by atoms with van der Waals surface area (Å²) in [6.07, 6.45) is 1.60. The van der Waals surface area contributed by atoms with Gasteiger partial charge in [-0.25, -0.2) is 0 Å². The van der Waals surface area contributed by atoms with Gasteiger partial charge in [0.1, 0.15) is 5.76 Å². The first-order valence-electron chi connectivity index (χ1n) is 6.87. The monoisotopic (exact) mass is 266 g/mol. The summed E-state index contributed by atoms with van der Waals surface area (Å²) in [6.45, 7) is 7.87. The van der Waals surface area contributed by atoms with Crippen LogP contribution in [0.1, 0.15) is 25.5 Å². The standard InChI is InChI=1S/C13H22N4O2/c1-3-5-17(11-8-14-9-11)6-4-13(18)15-12-7-10(2)19-16-12/h7,11,14H,3-6,8-9H2,1-2H3,(H,15,16,18). The molecule has 0 unspecified atom stereocenters. The van der Waals surface area contributed by atoms with Crippen LogP contribution in [0.15, 0.2) is 10.6 Å². The molecular weight excluding hydrogens is 244 g/mol. The number of anilines is 1. The molecule has 1 aromatic rings.